The van der Waals surface area contributed by atoms with E-state index >= 15 is 0 Å². The number of ether oxygens (including phenoxy) is 2. The molecule has 3 heteroatoms. The van der Waals surface area contributed by atoms with E-state index in [2.05, 4.69) is 59.6 Å². The second-order valence-electron chi connectivity index (χ2n) is 7.46. The largest absolute Gasteiger partial charge is 0.493 e. The van der Waals surface area contributed by atoms with Gasteiger partial charge in [0.1, 0.15) is 0 Å². The van der Waals surface area contributed by atoms with Crippen molar-refractivity contribution in [2.24, 2.45) is 0 Å². The molecule has 1 saturated carbocycles. The lowest BCUT2D eigenvalue weighted by atomic mass is 9.86. The third-order valence-corrected chi connectivity index (χ3v) is 5.58. The summed E-state index contributed by atoms with van der Waals surface area (Å²) in [5, 5.41) is 0. The third kappa shape index (κ3) is 5.17. The van der Waals surface area contributed by atoms with Gasteiger partial charge in [-0.05, 0) is 73.1 Å². The van der Waals surface area contributed by atoms with Crippen LogP contribution in [0.1, 0.15) is 55.7 Å². The second kappa shape index (κ2) is 10.1. The normalized spacial score (nSPS) is 14.8. The van der Waals surface area contributed by atoms with Crippen LogP contribution >= 0.6 is 0 Å². The highest BCUT2D eigenvalue weighted by Gasteiger charge is 2.21. The van der Waals surface area contributed by atoms with Gasteiger partial charge in [-0.1, -0.05) is 43.8 Å². The Kier molecular flexibility index (Phi) is 7.29. The molecule has 1 aromatic heterocycles. The van der Waals surface area contributed by atoms with Crippen molar-refractivity contribution in [1.29, 1.82) is 0 Å². The van der Waals surface area contributed by atoms with E-state index in [-0.39, 0.29) is 13.3 Å². The molecule has 29 heavy (non-hydrogen) atoms. The van der Waals surface area contributed by atoms with E-state index in [0.717, 1.165) is 30.8 Å². The van der Waals surface area contributed by atoms with Crippen LogP contribution in [0.3, 0.4) is 0 Å². The van der Waals surface area contributed by atoms with Gasteiger partial charge in [0.2, 0.25) is 0 Å². The van der Waals surface area contributed by atoms with Gasteiger partial charge in [-0.25, -0.2) is 0 Å². The molecule has 3 aromatic rings. The summed E-state index contributed by atoms with van der Waals surface area (Å²) in [7, 11) is 1.71. The van der Waals surface area contributed by atoms with Crippen molar-refractivity contribution in [2.75, 3.05) is 7.11 Å². The minimum atomic E-state index is 0. The Balaban J connectivity index is 0.00000240. The lowest BCUT2D eigenvalue weighted by Gasteiger charge is -2.22. The first-order chi connectivity index (χ1) is 13.8. The summed E-state index contributed by atoms with van der Waals surface area (Å²) < 4.78 is 11.9. The van der Waals surface area contributed by atoms with Crippen molar-refractivity contribution in [1.82, 2.24) is 4.98 Å². The number of rotatable bonds is 7. The smallest absolute Gasteiger partial charge is 0.161 e. The summed E-state index contributed by atoms with van der Waals surface area (Å²) in [4.78, 5) is 4.16. The van der Waals surface area contributed by atoms with E-state index in [1.54, 1.807) is 7.11 Å². The van der Waals surface area contributed by atoms with Gasteiger partial charge >= 0.3 is 0 Å². The SMILES string of the molecule is C.COc1ccc([C@@H](Cc2ccncc2)c2ccccc2)cc1OC1CCCC1. The Hall–Kier alpha value is -2.81. The minimum Gasteiger partial charge on any atom is -0.493 e. The van der Waals surface area contributed by atoms with Gasteiger partial charge in [-0.15, -0.1) is 0 Å². The molecule has 2 aromatic carbocycles. The van der Waals surface area contributed by atoms with Gasteiger partial charge in [-0.2, -0.15) is 0 Å². The molecule has 0 unspecified atom stereocenters. The highest BCUT2D eigenvalue weighted by atomic mass is 16.5. The van der Waals surface area contributed by atoms with Crippen LogP contribution in [0.15, 0.2) is 73.1 Å². The van der Waals surface area contributed by atoms with Crippen molar-refractivity contribution < 1.29 is 9.47 Å². The summed E-state index contributed by atoms with van der Waals surface area (Å²) in [6, 6.07) is 21.3. The van der Waals surface area contributed by atoms with Crippen molar-refractivity contribution in [2.45, 2.75) is 51.6 Å². The molecule has 3 nitrogen and oxygen atoms in total. The molecular formula is C26H31NO2. The fourth-order valence-electron chi connectivity index (χ4n) is 4.06. The van der Waals surface area contributed by atoms with E-state index < -0.39 is 0 Å². The summed E-state index contributed by atoms with van der Waals surface area (Å²) in [5.74, 6) is 1.93. The van der Waals surface area contributed by atoms with Gasteiger partial charge < -0.3 is 9.47 Å². The Morgan fingerprint density at radius 3 is 2.31 bits per heavy atom. The zero-order chi connectivity index (χ0) is 19.2. The molecule has 152 valence electrons. The summed E-state index contributed by atoms with van der Waals surface area (Å²) in [6.07, 6.45) is 9.71. The Labute approximate surface area is 174 Å². The van der Waals surface area contributed by atoms with Gasteiger partial charge in [0.25, 0.3) is 0 Å². The predicted molar refractivity (Wildman–Crippen MR) is 119 cm³/mol. The number of aromatic nitrogens is 1. The van der Waals surface area contributed by atoms with Crippen LogP contribution in [0.25, 0.3) is 0 Å². The topological polar surface area (TPSA) is 31.4 Å². The highest BCUT2D eigenvalue weighted by molar-refractivity contribution is 5.47. The molecule has 0 spiro atoms. The fraction of sp³-hybridized carbons (Fsp3) is 0.346. The molecule has 0 amide bonds. The maximum Gasteiger partial charge on any atom is 0.161 e. The molecule has 0 N–H and O–H groups in total. The van der Waals surface area contributed by atoms with E-state index in [0.29, 0.717) is 6.10 Å². The van der Waals surface area contributed by atoms with Crippen LogP contribution in [0.4, 0.5) is 0 Å². The average Bonchev–Trinajstić information content (AvgIpc) is 3.26. The number of hydrogen-bond acceptors (Lipinski definition) is 3. The number of pyridine rings is 1. The van der Waals surface area contributed by atoms with Crippen molar-refractivity contribution in [3.8, 4) is 11.5 Å². The first-order valence-electron chi connectivity index (χ1n) is 10.1. The monoisotopic (exact) mass is 389 g/mol. The first kappa shape index (κ1) is 20.9. The first-order valence-corrected chi connectivity index (χ1v) is 10.1. The summed E-state index contributed by atoms with van der Waals surface area (Å²) >= 11 is 0. The number of methoxy groups -OCH3 is 1. The Bertz CT molecular complexity index is 874. The highest BCUT2D eigenvalue weighted by Crippen LogP contribution is 2.37. The number of benzene rings is 2. The van der Waals surface area contributed by atoms with E-state index in [1.807, 2.05) is 18.5 Å². The maximum atomic E-state index is 6.34. The van der Waals surface area contributed by atoms with Crippen LogP contribution in [0.5, 0.6) is 11.5 Å². The van der Waals surface area contributed by atoms with E-state index in [4.69, 9.17) is 9.47 Å². The van der Waals surface area contributed by atoms with E-state index in [9.17, 15) is 0 Å². The van der Waals surface area contributed by atoms with Crippen molar-refractivity contribution in [3.63, 3.8) is 0 Å². The van der Waals surface area contributed by atoms with Crippen LogP contribution in [0.2, 0.25) is 0 Å². The Morgan fingerprint density at radius 1 is 0.897 bits per heavy atom. The van der Waals surface area contributed by atoms with Crippen LogP contribution in [0, 0.1) is 0 Å². The van der Waals surface area contributed by atoms with Crippen LogP contribution in [-0.2, 0) is 6.42 Å². The molecule has 0 bridgehead atoms. The predicted octanol–water partition coefficient (Wildman–Crippen LogP) is 6.42. The molecule has 1 aliphatic rings. The maximum absolute atomic E-state index is 6.34. The van der Waals surface area contributed by atoms with Gasteiger partial charge in [0, 0.05) is 18.3 Å². The molecule has 4 rings (SSSR count). The van der Waals surface area contributed by atoms with Gasteiger partial charge in [0.05, 0.1) is 13.2 Å². The molecular weight excluding hydrogens is 358 g/mol. The zero-order valence-electron chi connectivity index (χ0n) is 16.4. The molecule has 0 aliphatic heterocycles. The minimum absolute atomic E-state index is 0. The van der Waals surface area contributed by atoms with Crippen molar-refractivity contribution >= 4 is 0 Å². The molecule has 1 aliphatic carbocycles. The third-order valence-electron chi connectivity index (χ3n) is 5.58. The lowest BCUT2D eigenvalue weighted by molar-refractivity contribution is 0.200. The lowest BCUT2D eigenvalue weighted by Crippen LogP contribution is -2.12. The van der Waals surface area contributed by atoms with Crippen LogP contribution < -0.4 is 9.47 Å². The number of nitrogens with zero attached hydrogens (tertiary/aromatic N) is 1. The Morgan fingerprint density at radius 2 is 1.62 bits per heavy atom. The van der Waals surface area contributed by atoms with Gasteiger partial charge in [-0.3, -0.25) is 4.98 Å². The summed E-state index contributed by atoms with van der Waals surface area (Å²) in [6.45, 7) is 0. The zero-order valence-corrected chi connectivity index (χ0v) is 16.4. The average molecular weight is 390 g/mol. The van der Waals surface area contributed by atoms with Crippen molar-refractivity contribution in [3.05, 3.63) is 89.7 Å². The molecule has 0 radical (unpaired) electrons. The molecule has 1 heterocycles. The molecule has 0 saturated heterocycles. The fourth-order valence-corrected chi connectivity index (χ4v) is 4.06. The van der Waals surface area contributed by atoms with E-state index in [1.165, 1.54) is 29.5 Å². The standard InChI is InChI=1S/C25H27NO2.CH4/c1-27-24-12-11-21(18-25(24)28-22-9-5-6-10-22)23(20-7-3-2-4-8-20)17-19-13-15-26-16-14-19;/h2-4,7-8,11-16,18,22-23H,5-6,9-10,17H2,1H3;1H4/t23-;/m0./s1. The van der Waals surface area contributed by atoms with Crippen LogP contribution in [-0.4, -0.2) is 18.2 Å². The quantitative estimate of drug-likeness (QED) is 0.467. The number of hydrogen-bond donors (Lipinski definition) is 0. The molecule has 1 atom stereocenters. The summed E-state index contributed by atoms with van der Waals surface area (Å²) in [5.41, 5.74) is 3.83. The molecule has 1 fully saturated rings. The second-order valence-corrected chi connectivity index (χ2v) is 7.46. The van der Waals surface area contributed by atoms with Gasteiger partial charge in [0.15, 0.2) is 11.5 Å².